The Morgan fingerprint density at radius 3 is 2.74 bits per heavy atom. The number of amides is 2. The van der Waals surface area contributed by atoms with Crippen molar-refractivity contribution in [3.63, 3.8) is 0 Å². The van der Waals surface area contributed by atoms with E-state index in [1.54, 1.807) is 6.20 Å². The lowest BCUT2D eigenvalue weighted by Crippen LogP contribution is -2.41. The topological polar surface area (TPSA) is 51.7 Å². The summed E-state index contributed by atoms with van der Waals surface area (Å²) in [7, 11) is 5.89. The van der Waals surface area contributed by atoms with Gasteiger partial charge < -0.3 is 15.1 Å². The monoisotopic (exact) mass is 367 g/mol. The molecule has 1 aromatic carbocycles. The van der Waals surface area contributed by atoms with Crippen molar-refractivity contribution in [2.75, 3.05) is 39.5 Å². The lowest BCUT2D eigenvalue weighted by atomic mass is 10.2. The summed E-state index contributed by atoms with van der Waals surface area (Å²) in [5, 5.41) is 3.01. The molecule has 1 fully saturated rings. The molecule has 0 spiro atoms. The van der Waals surface area contributed by atoms with Crippen LogP contribution in [-0.4, -0.2) is 66.0 Å². The molecule has 0 radical (unpaired) electrons. The van der Waals surface area contributed by atoms with E-state index < -0.39 is 0 Å². The van der Waals surface area contributed by atoms with Gasteiger partial charge in [-0.1, -0.05) is 30.3 Å². The first-order valence-corrected chi connectivity index (χ1v) is 9.41. The quantitative estimate of drug-likeness (QED) is 0.853. The molecule has 1 aliphatic heterocycles. The second-order valence-electron chi connectivity index (χ2n) is 7.48. The number of rotatable bonds is 6. The van der Waals surface area contributed by atoms with E-state index >= 15 is 0 Å². The maximum Gasteiger partial charge on any atom is 0.321 e. The summed E-state index contributed by atoms with van der Waals surface area (Å²) in [6, 6.07) is 14.4. The van der Waals surface area contributed by atoms with Crippen molar-refractivity contribution >= 4 is 11.7 Å². The van der Waals surface area contributed by atoms with Gasteiger partial charge in [0, 0.05) is 51.2 Å². The summed E-state index contributed by atoms with van der Waals surface area (Å²) in [6.45, 7) is 3.60. The van der Waals surface area contributed by atoms with Crippen molar-refractivity contribution in [1.29, 1.82) is 0 Å². The van der Waals surface area contributed by atoms with Crippen LogP contribution in [0.3, 0.4) is 0 Å². The molecule has 1 atom stereocenters. The summed E-state index contributed by atoms with van der Waals surface area (Å²) in [5.74, 6) is 0. The summed E-state index contributed by atoms with van der Waals surface area (Å²) >= 11 is 0. The van der Waals surface area contributed by atoms with Gasteiger partial charge in [0.1, 0.15) is 0 Å². The Hall–Kier alpha value is -2.44. The van der Waals surface area contributed by atoms with E-state index in [0.29, 0.717) is 0 Å². The fraction of sp³-hybridized carbons (Fsp3) is 0.429. The number of hydrogen-bond donors (Lipinski definition) is 1. The number of nitrogens with zero attached hydrogens (tertiary/aromatic N) is 4. The number of aromatic nitrogens is 1. The zero-order chi connectivity index (χ0) is 19.2. The third-order valence-corrected chi connectivity index (χ3v) is 4.91. The van der Waals surface area contributed by atoms with Crippen molar-refractivity contribution in [1.82, 2.24) is 19.7 Å². The van der Waals surface area contributed by atoms with Crippen LogP contribution >= 0.6 is 0 Å². The molecule has 144 valence electrons. The van der Waals surface area contributed by atoms with E-state index in [9.17, 15) is 4.79 Å². The van der Waals surface area contributed by atoms with Gasteiger partial charge in [-0.05, 0) is 38.2 Å². The molecule has 2 aromatic rings. The average Bonchev–Trinajstić information content (AvgIpc) is 3.10. The Labute approximate surface area is 161 Å². The highest BCUT2D eigenvalue weighted by molar-refractivity contribution is 5.89. The van der Waals surface area contributed by atoms with Gasteiger partial charge in [0.15, 0.2) is 0 Å². The molecule has 1 unspecified atom stereocenters. The minimum atomic E-state index is -0.0661. The Morgan fingerprint density at radius 1 is 1.22 bits per heavy atom. The number of likely N-dealkylation sites (tertiary alicyclic amines) is 1. The largest absolute Gasteiger partial charge is 0.323 e. The molecule has 0 bridgehead atoms. The van der Waals surface area contributed by atoms with Crippen LogP contribution < -0.4 is 5.32 Å². The van der Waals surface area contributed by atoms with Crippen LogP contribution in [0.15, 0.2) is 48.7 Å². The third-order valence-electron chi connectivity index (χ3n) is 4.91. The fourth-order valence-corrected chi connectivity index (χ4v) is 3.46. The Balaban J connectivity index is 1.53. The third kappa shape index (κ3) is 5.52. The van der Waals surface area contributed by atoms with E-state index in [-0.39, 0.29) is 12.1 Å². The molecule has 1 aliphatic rings. The van der Waals surface area contributed by atoms with Gasteiger partial charge in [0.05, 0.1) is 5.69 Å². The normalized spacial score (nSPS) is 17.3. The standard InChI is InChI=1S/C21H29N5O/c1-24(2)15-19-13-18(9-11-22-19)23-21(27)25(3)20-10-12-26(16-20)14-17-7-5-4-6-8-17/h4-9,11,13,20H,10,12,14-16H2,1-3H3,(H,22,23,27). The summed E-state index contributed by atoms with van der Waals surface area (Å²) in [5.41, 5.74) is 3.05. The molecule has 6 nitrogen and oxygen atoms in total. The number of pyridine rings is 1. The van der Waals surface area contributed by atoms with Crippen LogP contribution in [0.2, 0.25) is 0 Å². The zero-order valence-corrected chi connectivity index (χ0v) is 16.4. The Kier molecular flexibility index (Phi) is 6.42. The Bertz CT molecular complexity index is 749. The van der Waals surface area contributed by atoms with Gasteiger partial charge in [-0.15, -0.1) is 0 Å². The summed E-state index contributed by atoms with van der Waals surface area (Å²) in [4.78, 5) is 23.3. The van der Waals surface area contributed by atoms with E-state index in [1.807, 2.05) is 44.2 Å². The zero-order valence-electron chi connectivity index (χ0n) is 16.4. The molecular formula is C21H29N5O. The van der Waals surface area contributed by atoms with Crippen molar-refractivity contribution in [2.24, 2.45) is 0 Å². The molecule has 3 rings (SSSR count). The van der Waals surface area contributed by atoms with Crippen molar-refractivity contribution in [3.05, 3.63) is 59.9 Å². The molecule has 27 heavy (non-hydrogen) atoms. The number of anilines is 1. The summed E-state index contributed by atoms with van der Waals surface area (Å²) < 4.78 is 0. The van der Waals surface area contributed by atoms with Gasteiger partial charge in [0.2, 0.25) is 0 Å². The number of benzene rings is 1. The lowest BCUT2D eigenvalue weighted by Gasteiger charge is -2.25. The van der Waals surface area contributed by atoms with Crippen LogP contribution in [-0.2, 0) is 13.1 Å². The van der Waals surface area contributed by atoms with Crippen molar-refractivity contribution in [2.45, 2.75) is 25.6 Å². The fourth-order valence-electron chi connectivity index (χ4n) is 3.46. The molecule has 6 heteroatoms. The van der Waals surface area contributed by atoms with E-state index in [1.165, 1.54) is 5.56 Å². The van der Waals surface area contributed by atoms with E-state index in [0.717, 1.165) is 44.0 Å². The molecule has 1 saturated heterocycles. The van der Waals surface area contributed by atoms with Crippen LogP contribution in [0, 0.1) is 0 Å². The van der Waals surface area contributed by atoms with E-state index in [4.69, 9.17) is 0 Å². The lowest BCUT2D eigenvalue weighted by molar-refractivity contribution is 0.201. The average molecular weight is 367 g/mol. The number of nitrogens with one attached hydrogen (secondary N) is 1. The smallest absolute Gasteiger partial charge is 0.321 e. The first kappa shape index (κ1) is 19.3. The first-order valence-electron chi connectivity index (χ1n) is 9.41. The predicted molar refractivity (Wildman–Crippen MR) is 109 cm³/mol. The first-order chi connectivity index (χ1) is 13.0. The van der Waals surface area contributed by atoms with Gasteiger partial charge >= 0.3 is 6.03 Å². The predicted octanol–water partition coefficient (Wildman–Crippen LogP) is 2.88. The molecule has 1 aromatic heterocycles. The van der Waals surface area contributed by atoms with Gasteiger partial charge in [-0.3, -0.25) is 9.88 Å². The molecule has 2 heterocycles. The maximum absolute atomic E-state index is 12.7. The molecule has 1 N–H and O–H groups in total. The highest BCUT2D eigenvalue weighted by atomic mass is 16.2. The number of likely N-dealkylation sites (N-methyl/N-ethyl adjacent to an activating group) is 1. The molecule has 0 aliphatic carbocycles. The number of carbonyl (C=O) groups excluding carboxylic acids is 1. The van der Waals surface area contributed by atoms with E-state index in [2.05, 4.69) is 44.4 Å². The minimum absolute atomic E-state index is 0.0661. The highest BCUT2D eigenvalue weighted by Gasteiger charge is 2.28. The molecular weight excluding hydrogens is 338 g/mol. The second kappa shape index (κ2) is 8.97. The van der Waals surface area contributed by atoms with Gasteiger partial charge in [-0.2, -0.15) is 0 Å². The highest BCUT2D eigenvalue weighted by Crippen LogP contribution is 2.18. The second-order valence-corrected chi connectivity index (χ2v) is 7.48. The Morgan fingerprint density at radius 2 is 2.00 bits per heavy atom. The van der Waals surface area contributed by atoms with Crippen LogP contribution in [0.5, 0.6) is 0 Å². The van der Waals surface area contributed by atoms with Crippen LogP contribution in [0.1, 0.15) is 17.7 Å². The van der Waals surface area contributed by atoms with Crippen LogP contribution in [0.4, 0.5) is 10.5 Å². The van der Waals surface area contributed by atoms with Crippen molar-refractivity contribution in [3.8, 4) is 0 Å². The van der Waals surface area contributed by atoms with Gasteiger partial charge in [0.25, 0.3) is 0 Å². The number of carbonyl (C=O) groups is 1. The number of hydrogen-bond acceptors (Lipinski definition) is 4. The SMILES string of the molecule is CN(C)Cc1cc(NC(=O)N(C)C2CCN(Cc3ccccc3)C2)ccn1. The van der Waals surface area contributed by atoms with Crippen molar-refractivity contribution < 1.29 is 4.79 Å². The van der Waals surface area contributed by atoms with Gasteiger partial charge in [-0.25, -0.2) is 4.79 Å². The summed E-state index contributed by atoms with van der Waals surface area (Å²) in [6.07, 6.45) is 2.74. The molecule has 2 amide bonds. The minimum Gasteiger partial charge on any atom is -0.323 e. The number of urea groups is 1. The van der Waals surface area contributed by atoms with Crippen LogP contribution in [0.25, 0.3) is 0 Å². The maximum atomic E-state index is 12.7. The molecule has 0 saturated carbocycles.